The summed E-state index contributed by atoms with van der Waals surface area (Å²) in [6.45, 7) is 0. The van der Waals surface area contributed by atoms with Crippen molar-refractivity contribution in [2.45, 2.75) is 9.65 Å². The number of carbonyl (C=O) groups is 1. The van der Waals surface area contributed by atoms with Gasteiger partial charge in [0.1, 0.15) is 4.83 Å². The number of hydrogen-bond acceptors (Lipinski definition) is 1. The fourth-order valence-corrected chi connectivity index (χ4v) is 1.77. The van der Waals surface area contributed by atoms with Crippen molar-refractivity contribution in [3.05, 3.63) is 35.9 Å². The molecule has 0 amide bonds. The van der Waals surface area contributed by atoms with Crippen LogP contribution in [0.2, 0.25) is 0 Å². The fraction of sp³-hybridized carbons (Fsp3) is 0.222. The van der Waals surface area contributed by atoms with Crippen LogP contribution in [0.4, 0.5) is 0 Å². The summed E-state index contributed by atoms with van der Waals surface area (Å²) in [5.41, 5.74) is 0.951. The summed E-state index contributed by atoms with van der Waals surface area (Å²) in [5.74, 6) is -0.870. The summed E-state index contributed by atoms with van der Waals surface area (Å²) in [6, 6.07) is 9.43. The lowest BCUT2D eigenvalue weighted by molar-refractivity contribution is -0.136. The Kier molecular flexibility index (Phi) is 3.93. The Morgan fingerprint density at radius 3 is 2.23 bits per heavy atom. The van der Waals surface area contributed by atoms with Crippen molar-refractivity contribution in [1.82, 2.24) is 0 Å². The van der Waals surface area contributed by atoms with Crippen LogP contribution in [0.1, 0.15) is 10.4 Å². The molecule has 2 unspecified atom stereocenters. The molecule has 0 aromatic heterocycles. The summed E-state index contributed by atoms with van der Waals surface area (Å²) in [6.07, 6.45) is 0. The SMILES string of the molecule is O=C(O)C(Br)C(Br)c1ccccc1. The van der Waals surface area contributed by atoms with Crippen LogP contribution in [0.5, 0.6) is 0 Å². The monoisotopic (exact) mass is 306 g/mol. The minimum atomic E-state index is -0.870. The largest absolute Gasteiger partial charge is 0.480 e. The van der Waals surface area contributed by atoms with Gasteiger partial charge in [-0.3, -0.25) is 4.79 Å². The fourth-order valence-electron chi connectivity index (χ4n) is 0.931. The van der Waals surface area contributed by atoms with E-state index in [4.69, 9.17) is 5.11 Å². The van der Waals surface area contributed by atoms with E-state index in [0.717, 1.165) is 5.56 Å². The molecule has 0 bridgehead atoms. The van der Waals surface area contributed by atoms with E-state index in [1.807, 2.05) is 30.3 Å². The quantitative estimate of drug-likeness (QED) is 0.872. The molecule has 2 atom stereocenters. The van der Waals surface area contributed by atoms with Crippen molar-refractivity contribution < 1.29 is 9.90 Å². The maximum absolute atomic E-state index is 10.6. The summed E-state index contributed by atoms with van der Waals surface area (Å²) < 4.78 is 0. The van der Waals surface area contributed by atoms with Crippen LogP contribution in [0.15, 0.2) is 30.3 Å². The van der Waals surface area contributed by atoms with Gasteiger partial charge in [0.15, 0.2) is 0 Å². The molecular formula is C9H8Br2O2. The molecule has 1 aromatic rings. The van der Waals surface area contributed by atoms with E-state index < -0.39 is 10.8 Å². The predicted octanol–water partition coefficient (Wildman–Crippen LogP) is 2.97. The highest BCUT2D eigenvalue weighted by Crippen LogP contribution is 2.30. The molecule has 0 aliphatic rings. The lowest BCUT2D eigenvalue weighted by Gasteiger charge is -2.12. The number of carboxylic acids is 1. The predicted molar refractivity (Wildman–Crippen MR) is 58.5 cm³/mol. The molecule has 70 valence electrons. The van der Waals surface area contributed by atoms with Crippen LogP contribution in [0.3, 0.4) is 0 Å². The van der Waals surface area contributed by atoms with E-state index in [1.165, 1.54) is 0 Å². The van der Waals surface area contributed by atoms with Crippen LogP contribution in [0.25, 0.3) is 0 Å². The van der Waals surface area contributed by atoms with E-state index in [1.54, 1.807) is 0 Å². The highest BCUT2D eigenvalue weighted by Gasteiger charge is 2.23. The van der Waals surface area contributed by atoms with Gasteiger partial charge in [0, 0.05) is 0 Å². The molecule has 0 heterocycles. The van der Waals surface area contributed by atoms with Gasteiger partial charge in [0.25, 0.3) is 0 Å². The standard InChI is InChI=1S/C9H8Br2O2/c10-7(8(11)9(12)13)6-4-2-1-3-5-6/h1-5,7-8H,(H,12,13). The summed E-state index contributed by atoms with van der Waals surface area (Å²) in [7, 11) is 0. The second-order valence-electron chi connectivity index (χ2n) is 2.55. The molecule has 0 aliphatic heterocycles. The number of rotatable bonds is 3. The van der Waals surface area contributed by atoms with Crippen LogP contribution >= 0.6 is 31.9 Å². The maximum Gasteiger partial charge on any atom is 0.318 e. The van der Waals surface area contributed by atoms with Crippen molar-refractivity contribution in [1.29, 1.82) is 0 Å². The smallest absolute Gasteiger partial charge is 0.318 e. The third-order valence-corrected chi connectivity index (χ3v) is 4.30. The molecule has 0 saturated heterocycles. The summed E-state index contributed by atoms with van der Waals surface area (Å²) in [4.78, 5) is 9.83. The van der Waals surface area contributed by atoms with Crippen molar-refractivity contribution in [3.63, 3.8) is 0 Å². The van der Waals surface area contributed by atoms with E-state index in [-0.39, 0.29) is 4.83 Å². The van der Waals surface area contributed by atoms with Gasteiger partial charge < -0.3 is 5.11 Å². The second-order valence-corrected chi connectivity index (χ2v) is 4.53. The van der Waals surface area contributed by atoms with Gasteiger partial charge in [0.2, 0.25) is 0 Å². The van der Waals surface area contributed by atoms with Crippen LogP contribution in [0, 0.1) is 0 Å². The van der Waals surface area contributed by atoms with Crippen molar-refractivity contribution in [2.24, 2.45) is 0 Å². The van der Waals surface area contributed by atoms with Gasteiger partial charge in [-0.15, -0.1) is 0 Å². The molecular weight excluding hydrogens is 300 g/mol. The van der Waals surface area contributed by atoms with Gasteiger partial charge >= 0.3 is 5.97 Å². The Bertz CT molecular complexity index is 287. The third kappa shape index (κ3) is 2.81. The van der Waals surface area contributed by atoms with E-state index in [9.17, 15) is 4.79 Å². The molecule has 0 fully saturated rings. The Hall–Kier alpha value is -0.350. The lowest BCUT2D eigenvalue weighted by atomic mass is 10.1. The number of carboxylic acid groups (broad SMARTS) is 1. The second kappa shape index (κ2) is 4.77. The molecule has 13 heavy (non-hydrogen) atoms. The number of halogens is 2. The zero-order chi connectivity index (χ0) is 9.84. The van der Waals surface area contributed by atoms with Gasteiger partial charge in [-0.05, 0) is 5.56 Å². The Balaban J connectivity index is 2.79. The van der Waals surface area contributed by atoms with E-state index in [0.29, 0.717) is 0 Å². The van der Waals surface area contributed by atoms with Gasteiger partial charge in [0.05, 0.1) is 4.83 Å². The first kappa shape index (κ1) is 10.7. The molecule has 1 aromatic carbocycles. The molecule has 2 nitrogen and oxygen atoms in total. The highest BCUT2D eigenvalue weighted by molar-refractivity contribution is 9.12. The van der Waals surface area contributed by atoms with Crippen molar-refractivity contribution >= 4 is 37.8 Å². The van der Waals surface area contributed by atoms with Gasteiger partial charge in [-0.2, -0.15) is 0 Å². The van der Waals surface area contributed by atoms with E-state index in [2.05, 4.69) is 31.9 Å². The molecule has 0 spiro atoms. The first-order valence-corrected chi connectivity index (χ1v) is 5.52. The van der Waals surface area contributed by atoms with Crippen LogP contribution in [-0.4, -0.2) is 15.9 Å². The van der Waals surface area contributed by atoms with Crippen LogP contribution < -0.4 is 0 Å². The molecule has 1 N–H and O–H groups in total. The minimum absolute atomic E-state index is 0.203. The average molecular weight is 308 g/mol. The highest BCUT2D eigenvalue weighted by atomic mass is 79.9. The summed E-state index contributed by atoms with van der Waals surface area (Å²) in [5, 5.41) is 8.74. The molecule has 1 rings (SSSR count). The third-order valence-electron chi connectivity index (χ3n) is 1.61. The molecule has 4 heteroatoms. The van der Waals surface area contributed by atoms with Gasteiger partial charge in [-0.1, -0.05) is 62.2 Å². The lowest BCUT2D eigenvalue weighted by Crippen LogP contribution is -2.17. The number of alkyl halides is 2. The van der Waals surface area contributed by atoms with Gasteiger partial charge in [-0.25, -0.2) is 0 Å². The zero-order valence-electron chi connectivity index (χ0n) is 6.65. The number of hydrogen-bond donors (Lipinski definition) is 1. The van der Waals surface area contributed by atoms with Crippen LogP contribution in [-0.2, 0) is 4.79 Å². The first-order valence-electron chi connectivity index (χ1n) is 3.69. The molecule has 0 aliphatic carbocycles. The molecule has 0 saturated carbocycles. The number of benzene rings is 1. The summed E-state index contributed by atoms with van der Waals surface area (Å²) >= 11 is 6.42. The topological polar surface area (TPSA) is 37.3 Å². The zero-order valence-corrected chi connectivity index (χ0v) is 9.82. The Morgan fingerprint density at radius 1 is 1.23 bits per heavy atom. The van der Waals surface area contributed by atoms with Crippen molar-refractivity contribution in [2.75, 3.05) is 0 Å². The normalized spacial score (nSPS) is 14.9. The average Bonchev–Trinajstić information content (AvgIpc) is 2.17. The maximum atomic E-state index is 10.6. The number of aliphatic carboxylic acids is 1. The van der Waals surface area contributed by atoms with E-state index >= 15 is 0 Å². The van der Waals surface area contributed by atoms with Crippen molar-refractivity contribution in [3.8, 4) is 0 Å². The first-order chi connectivity index (χ1) is 6.13. The minimum Gasteiger partial charge on any atom is -0.480 e. The Labute approximate surface area is 93.2 Å². The Morgan fingerprint density at radius 2 is 1.77 bits per heavy atom. The molecule has 0 radical (unpaired) electrons.